The van der Waals surface area contributed by atoms with Gasteiger partial charge >= 0.3 is 0 Å². The number of amides is 2. The zero-order chi connectivity index (χ0) is 35.6. The summed E-state index contributed by atoms with van der Waals surface area (Å²) in [5.74, 6) is -0.000203. The number of nitrogens with zero attached hydrogens (tertiary/aromatic N) is 2. The second-order valence-corrected chi connectivity index (χ2v) is 14.7. The van der Waals surface area contributed by atoms with Crippen LogP contribution in [0.15, 0.2) is 77.7 Å². The molecule has 0 aromatic heterocycles. The molecule has 0 saturated carbocycles. The van der Waals surface area contributed by atoms with Gasteiger partial charge in [-0.2, -0.15) is 4.31 Å². The molecular weight excluding hydrogens is 646 g/mol. The quantitative estimate of drug-likeness (QED) is 0.303. The van der Waals surface area contributed by atoms with E-state index in [2.05, 4.69) is 5.32 Å². The van der Waals surface area contributed by atoms with Gasteiger partial charge in [0.2, 0.25) is 15.9 Å². The van der Waals surface area contributed by atoms with Crippen molar-refractivity contribution in [3.05, 3.63) is 83.9 Å². The Kier molecular flexibility index (Phi) is 13.6. The second kappa shape index (κ2) is 17.6. The molecule has 0 radical (unpaired) electrons. The molecule has 4 rings (SSSR count). The smallest absolute Gasteiger partial charge is 0.258 e. The molecule has 2 N–H and O–H groups in total. The summed E-state index contributed by atoms with van der Waals surface area (Å²) >= 11 is 0. The van der Waals surface area contributed by atoms with E-state index < -0.39 is 22.2 Å². The van der Waals surface area contributed by atoms with Gasteiger partial charge in [0, 0.05) is 38.3 Å². The minimum absolute atomic E-state index is 0.0543. The number of hydrogen-bond acceptors (Lipinski definition) is 8. The number of sulfonamides is 1. The number of fused-ring (bicyclic) bond motifs is 1. The molecular formula is C37H49N3O8S. The van der Waals surface area contributed by atoms with Crippen LogP contribution in [0, 0.1) is 5.92 Å². The number of nitrogens with one attached hydrogen (secondary N) is 1. The number of rotatable bonds is 10. The second-order valence-electron chi connectivity index (χ2n) is 12.7. The Balaban J connectivity index is 1.62. The highest BCUT2D eigenvalue weighted by atomic mass is 32.2. The van der Waals surface area contributed by atoms with Gasteiger partial charge in [-0.25, -0.2) is 8.42 Å². The maximum atomic E-state index is 14.4. The van der Waals surface area contributed by atoms with Gasteiger partial charge in [0.1, 0.15) is 11.5 Å². The van der Waals surface area contributed by atoms with Crippen molar-refractivity contribution in [3.8, 4) is 11.5 Å². The van der Waals surface area contributed by atoms with E-state index in [0.717, 1.165) is 18.4 Å². The summed E-state index contributed by atoms with van der Waals surface area (Å²) in [6, 6.07) is 20.0. The highest BCUT2D eigenvalue weighted by molar-refractivity contribution is 7.89. The normalized spacial score (nSPS) is 20.1. The molecule has 3 aromatic rings. The van der Waals surface area contributed by atoms with Crippen LogP contribution in [0.5, 0.6) is 11.5 Å². The van der Waals surface area contributed by atoms with Crippen LogP contribution in [0.3, 0.4) is 0 Å². The number of carbonyl (C=O) groups is 2. The van der Waals surface area contributed by atoms with Crippen molar-refractivity contribution in [2.24, 2.45) is 5.92 Å². The molecule has 4 atom stereocenters. The van der Waals surface area contributed by atoms with Crippen molar-refractivity contribution >= 4 is 27.5 Å². The Hall–Kier alpha value is -3.97. The number of anilines is 1. The zero-order valence-corrected chi connectivity index (χ0v) is 29.8. The van der Waals surface area contributed by atoms with E-state index in [0.29, 0.717) is 30.2 Å². The fraction of sp³-hybridized carbons (Fsp3) is 0.459. The molecule has 1 heterocycles. The Morgan fingerprint density at radius 3 is 2.47 bits per heavy atom. The summed E-state index contributed by atoms with van der Waals surface area (Å²) in [4.78, 5) is 29.0. The summed E-state index contributed by atoms with van der Waals surface area (Å²) in [5, 5.41) is 13.1. The first-order valence-electron chi connectivity index (χ1n) is 16.7. The molecule has 0 saturated heterocycles. The minimum Gasteiger partial charge on any atom is -0.497 e. The molecule has 3 aromatic carbocycles. The molecule has 0 fully saturated rings. The maximum Gasteiger partial charge on any atom is 0.258 e. The van der Waals surface area contributed by atoms with Crippen molar-refractivity contribution < 1.29 is 37.3 Å². The van der Waals surface area contributed by atoms with Gasteiger partial charge in [-0.05, 0) is 81.1 Å². The van der Waals surface area contributed by atoms with Crippen LogP contribution >= 0.6 is 0 Å². The lowest BCUT2D eigenvalue weighted by molar-refractivity contribution is -0.115. The molecule has 49 heavy (non-hydrogen) atoms. The van der Waals surface area contributed by atoms with Crippen molar-refractivity contribution in [1.29, 1.82) is 0 Å². The molecule has 0 aliphatic carbocycles. The van der Waals surface area contributed by atoms with Crippen molar-refractivity contribution in [3.63, 3.8) is 0 Å². The molecule has 12 heteroatoms. The zero-order valence-electron chi connectivity index (χ0n) is 29.0. The molecule has 0 unspecified atom stereocenters. The van der Waals surface area contributed by atoms with Gasteiger partial charge in [-0.3, -0.25) is 9.59 Å². The van der Waals surface area contributed by atoms with Gasteiger partial charge in [-0.15, -0.1) is 0 Å². The van der Waals surface area contributed by atoms with Crippen LogP contribution in [-0.2, 0) is 26.0 Å². The number of aliphatic hydroxyl groups is 1. The topological polar surface area (TPSA) is 135 Å². The standard InChI is InChI=1S/C37H49N3O8S/c1-26-23-40(27(2)25-41)37(43)33-22-30(38-36(42)21-29-12-7-6-8-13-29)14-19-34(33)48-28(3)11-9-10-20-47-35(26)24-39(4)49(44,45)32-17-15-31(46-5)16-18-32/h6-8,12-19,22,26-28,35,41H,9-11,20-21,23-25H2,1-5H3,(H,38,42)/t26-,27-,28+,35-/m0/s1. The number of carbonyl (C=O) groups excluding carboxylic acids is 2. The molecule has 1 aliphatic rings. The first-order chi connectivity index (χ1) is 23.4. The summed E-state index contributed by atoms with van der Waals surface area (Å²) < 4.78 is 46.1. The van der Waals surface area contributed by atoms with Gasteiger partial charge in [0.15, 0.2) is 0 Å². The average molecular weight is 696 g/mol. The molecule has 1 aliphatic heterocycles. The number of methoxy groups -OCH3 is 1. The molecule has 2 amide bonds. The average Bonchev–Trinajstić information content (AvgIpc) is 3.09. The molecule has 266 valence electrons. The van der Waals surface area contributed by atoms with Crippen LogP contribution in [0.2, 0.25) is 0 Å². The highest BCUT2D eigenvalue weighted by Crippen LogP contribution is 2.29. The first-order valence-corrected chi connectivity index (χ1v) is 18.1. The van der Waals surface area contributed by atoms with Crippen LogP contribution in [0.4, 0.5) is 5.69 Å². The predicted octanol–water partition coefficient (Wildman–Crippen LogP) is 4.99. The van der Waals surface area contributed by atoms with Crippen molar-refractivity contribution in [2.45, 2.75) is 69.6 Å². The summed E-state index contributed by atoms with van der Waals surface area (Å²) in [6.07, 6.45) is 1.64. The lowest BCUT2D eigenvalue weighted by atomic mass is 10.0. The van der Waals surface area contributed by atoms with E-state index in [1.165, 1.54) is 30.6 Å². The first kappa shape index (κ1) is 37.8. The monoisotopic (exact) mass is 695 g/mol. The number of ether oxygens (including phenoxy) is 3. The Labute approximate surface area is 290 Å². The minimum atomic E-state index is -3.85. The van der Waals surface area contributed by atoms with Crippen LogP contribution in [0.25, 0.3) is 0 Å². The van der Waals surface area contributed by atoms with E-state index in [-0.39, 0.29) is 60.4 Å². The number of aliphatic hydroxyl groups excluding tert-OH is 1. The summed E-state index contributed by atoms with van der Waals surface area (Å²) in [7, 11) is -0.814. The largest absolute Gasteiger partial charge is 0.497 e. The Morgan fingerprint density at radius 1 is 1.08 bits per heavy atom. The van der Waals surface area contributed by atoms with Gasteiger partial charge in [0.25, 0.3) is 5.91 Å². The summed E-state index contributed by atoms with van der Waals surface area (Å²) in [6.45, 7) is 5.93. The van der Waals surface area contributed by atoms with E-state index in [1.807, 2.05) is 44.2 Å². The fourth-order valence-corrected chi connectivity index (χ4v) is 6.91. The molecule has 0 spiro atoms. The van der Waals surface area contributed by atoms with Crippen LogP contribution in [0.1, 0.15) is 56.0 Å². The lowest BCUT2D eigenvalue weighted by Crippen LogP contribution is -2.48. The SMILES string of the molecule is COc1ccc(S(=O)(=O)N(C)C[C@@H]2OCCCC[C@@H](C)Oc3ccc(NC(=O)Cc4ccccc4)cc3C(=O)N([C@@H](C)CO)C[C@@H]2C)cc1. The van der Waals surface area contributed by atoms with Gasteiger partial charge < -0.3 is 29.5 Å². The third-order valence-corrected chi connectivity index (χ3v) is 10.6. The van der Waals surface area contributed by atoms with Crippen molar-refractivity contribution in [1.82, 2.24) is 9.21 Å². The molecule has 0 bridgehead atoms. The number of likely N-dealkylation sites (N-methyl/N-ethyl adjacent to an activating group) is 1. The number of benzene rings is 3. The maximum absolute atomic E-state index is 14.4. The van der Waals surface area contributed by atoms with E-state index >= 15 is 0 Å². The summed E-state index contributed by atoms with van der Waals surface area (Å²) in [5.41, 5.74) is 1.56. The lowest BCUT2D eigenvalue weighted by Gasteiger charge is -2.35. The Morgan fingerprint density at radius 2 is 1.80 bits per heavy atom. The third-order valence-electron chi connectivity index (χ3n) is 8.75. The van der Waals surface area contributed by atoms with E-state index in [4.69, 9.17) is 14.2 Å². The number of hydrogen-bond donors (Lipinski definition) is 2. The van der Waals surface area contributed by atoms with E-state index in [1.54, 1.807) is 42.2 Å². The van der Waals surface area contributed by atoms with Gasteiger partial charge in [0.05, 0.1) is 48.8 Å². The highest BCUT2D eigenvalue weighted by Gasteiger charge is 2.32. The van der Waals surface area contributed by atoms with Crippen molar-refractivity contribution in [2.75, 3.05) is 45.8 Å². The van der Waals surface area contributed by atoms with Crippen LogP contribution in [-0.4, -0.2) is 93.3 Å². The fourth-order valence-electron chi connectivity index (χ4n) is 5.73. The van der Waals surface area contributed by atoms with Gasteiger partial charge in [-0.1, -0.05) is 37.3 Å². The van der Waals surface area contributed by atoms with E-state index in [9.17, 15) is 23.1 Å². The Bertz CT molecular complexity index is 1640. The third kappa shape index (κ3) is 10.3. The van der Waals surface area contributed by atoms with Crippen LogP contribution < -0.4 is 14.8 Å². The predicted molar refractivity (Wildman–Crippen MR) is 188 cm³/mol. The molecule has 11 nitrogen and oxygen atoms in total.